The van der Waals surface area contributed by atoms with Crippen molar-refractivity contribution in [3.63, 3.8) is 0 Å². The van der Waals surface area contributed by atoms with Crippen molar-refractivity contribution in [2.24, 2.45) is 4.40 Å². The predicted octanol–water partition coefficient (Wildman–Crippen LogP) is 1.87. The molecule has 0 aliphatic heterocycles. The molecule has 0 radical (unpaired) electrons. The first-order chi connectivity index (χ1) is 7.77. The molecule has 1 atom stereocenters. The fourth-order valence-electron chi connectivity index (χ4n) is 0.722. The van der Waals surface area contributed by atoms with Gasteiger partial charge in [-0.2, -0.15) is 4.40 Å². The van der Waals surface area contributed by atoms with Gasteiger partial charge in [0.1, 0.15) is 11.0 Å². The summed E-state index contributed by atoms with van der Waals surface area (Å²) < 4.78 is 20.0. The van der Waals surface area contributed by atoms with Crippen LogP contribution in [0.5, 0.6) is 0 Å². The summed E-state index contributed by atoms with van der Waals surface area (Å²) in [5.74, 6) is 4.43. The zero-order valence-electron chi connectivity index (χ0n) is 11.0. The number of ether oxygens (including phenoxy) is 1. The standard InChI is InChI=1S/C12H19NO3S/c1-6-16-11(14)9-7-8-10(2)13-17(15)12(3,4)5/h6,8H2,1-5H3/b13-10+. The van der Waals surface area contributed by atoms with Gasteiger partial charge in [-0.25, -0.2) is 9.00 Å². The van der Waals surface area contributed by atoms with Gasteiger partial charge in [-0.05, 0) is 34.6 Å². The zero-order chi connectivity index (χ0) is 13.5. The molecule has 0 amide bonds. The van der Waals surface area contributed by atoms with Gasteiger partial charge in [-0.1, -0.05) is 5.92 Å². The molecule has 4 nitrogen and oxygen atoms in total. The van der Waals surface area contributed by atoms with E-state index < -0.39 is 17.0 Å². The molecule has 0 aromatic rings. The third-order valence-electron chi connectivity index (χ3n) is 1.57. The molecule has 0 N–H and O–H groups in total. The fourth-order valence-corrected chi connectivity index (χ4v) is 1.34. The molecule has 0 rings (SSSR count). The maximum Gasteiger partial charge on any atom is 0.384 e. The molecule has 0 saturated heterocycles. The van der Waals surface area contributed by atoms with Crippen LogP contribution >= 0.6 is 0 Å². The Bertz CT molecular complexity index is 383. The molecule has 0 heterocycles. The Morgan fingerprint density at radius 1 is 1.41 bits per heavy atom. The lowest BCUT2D eigenvalue weighted by Crippen LogP contribution is -2.20. The third-order valence-corrected chi connectivity index (χ3v) is 3.10. The van der Waals surface area contributed by atoms with E-state index in [9.17, 15) is 9.00 Å². The summed E-state index contributed by atoms with van der Waals surface area (Å²) in [5.41, 5.74) is 0.648. The molecule has 1 unspecified atom stereocenters. The second-order valence-electron chi connectivity index (χ2n) is 4.39. The van der Waals surface area contributed by atoms with Crippen molar-refractivity contribution in [2.45, 2.75) is 45.8 Å². The predicted molar refractivity (Wildman–Crippen MR) is 70.0 cm³/mol. The minimum Gasteiger partial charge on any atom is -0.456 e. The molecule has 0 aromatic carbocycles. The summed E-state index contributed by atoms with van der Waals surface area (Å²) in [6, 6.07) is 0. The third kappa shape index (κ3) is 7.70. The minimum absolute atomic E-state index is 0.314. The largest absolute Gasteiger partial charge is 0.456 e. The van der Waals surface area contributed by atoms with Crippen molar-refractivity contribution in [3.05, 3.63) is 0 Å². The Morgan fingerprint density at radius 2 is 2.00 bits per heavy atom. The molecular formula is C12H19NO3S. The van der Waals surface area contributed by atoms with E-state index in [0.717, 1.165) is 0 Å². The average molecular weight is 257 g/mol. The van der Waals surface area contributed by atoms with Crippen LogP contribution in [0.4, 0.5) is 0 Å². The molecule has 0 saturated carbocycles. The number of hydrogen-bond acceptors (Lipinski definition) is 3. The van der Waals surface area contributed by atoms with Gasteiger partial charge in [0.05, 0.1) is 11.4 Å². The topological polar surface area (TPSA) is 55.7 Å². The fraction of sp³-hybridized carbons (Fsp3) is 0.667. The maximum atomic E-state index is 11.7. The molecule has 0 aliphatic carbocycles. The van der Waals surface area contributed by atoms with E-state index in [2.05, 4.69) is 21.0 Å². The van der Waals surface area contributed by atoms with Gasteiger partial charge in [0, 0.05) is 18.1 Å². The second-order valence-corrected chi connectivity index (χ2v) is 6.29. The SMILES string of the molecule is CCOC(=O)C#CC/C(C)=N/S(=O)C(C)(C)C. The van der Waals surface area contributed by atoms with Gasteiger partial charge in [0.25, 0.3) is 0 Å². The van der Waals surface area contributed by atoms with Crippen LogP contribution in [0, 0.1) is 11.8 Å². The first-order valence-corrected chi connectivity index (χ1v) is 6.49. The quantitative estimate of drug-likeness (QED) is 0.336. The molecule has 17 heavy (non-hydrogen) atoms. The van der Waals surface area contributed by atoms with Gasteiger partial charge in [0.2, 0.25) is 0 Å². The molecule has 5 heteroatoms. The van der Waals surface area contributed by atoms with E-state index in [1.807, 2.05) is 20.8 Å². The van der Waals surface area contributed by atoms with Gasteiger partial charge >= 0.3 is 5.97 Å². The van der Waals surface area contributed by atoms with E-state index in [1.54, 1.807) is 13.8 Å². The highest BCUT2D eigenvalue weighted by atomic mass is 32.2. The van der Waals surface area contributed by atoms with Crippen molar-refractivity contribution in [1.29, 1.82) is 0 Å². The van der Waals surface area contributed by atoms with Crippen molar-refractivity contribution < 1.29 is 13.7 Å². The van der Waals surface area contributed by atoms with Gasteiger partial charge in [-0.15, -0.1) is 0 Å². The zero-order valence-corrected chi connectivity index (χ0v) is 11.8. The van der Waals surface area contributed by atoms with E-state index in [1.165, 1.54) is 0 Å². The first-order valence-electron chi connectivity index (χ1n) is 5.39. The lowest BCUT2D eigenvalue weighted by atomic mass is 10.3. The Kier molecular flexibility index (Phi) is 6.74. The average Bonchev–Trinajstić information content (AvgIpc) is 2.16. The lowest BCUT2D eigenvalue weighted by molar-refractivity contribution is -0.136. The monoisotopic (exact) mass is 257 g/mol. The van der Waals surface area contributed by atoms with Gasteiger partial charge in [0.15, 0.2) is 0 Å². The van der Waals surface area contributed by atoms with E-state index in [0.29, 0.717) is 18.7 Å². The Labute approximate surface area is 105 Å². The number of hydrogen-bond donors (Lipinski definition) is 0. The van der Waals surface area contributed by atoms with Crippen molar-refractivity contribution >= 4 is 22.7 Å². The molecule has 0 spiro atoms. The number of carbonyl (C=O) groups excluding carboxylic acids is 1. The Hall–Kier alpha value is -1.15. The van der Waals surface area contributed by atoms with Crippen molar-refractivity contribution in [1.82, 2.24) is 0 Å². The van der Waals surface area contributed by atoms with Crippen LogP contribution in [0.3, 0.4) is 0 Å². The summed E-state index contributed by atoms with van der Waals surface area (Å²) in [5, 5.41) is 0. The molecule has 96 valence electrons. The number of rotatable bonds is 3. The lowest BCUT2D eigenvalue weighted by Gasteiger charge is -2.13. The summed E-state index contributed by atoms with van der Waals surface area (Å²) in [6.45, 7) is 9.33. The van der Waals surface area contributed by atoms with Crippen LogP contribution in [0.15, 0.2) is 4.40 Å². The number of nitrogens with zero attached hydrogens (tertiary/aromatic N) is 1. The Balaban J connectivity index is 4.37. The summed E-state index contributed by atoms with van der Waals surface area (Å²) in [4.78, 5) is 10.9. The van der Waals surface area contributed by atoms with Gasteiger partial charge in [-0.3, -0.25) is 0 Å². The van der Waals surface area contributed by atoms with Crippen molar-refractivity contribution in [2.75, 3.05) is 6.61 Å². The van der Waals surface area contributed by atoms with Crippen LogP contribution in [0.25, 0.3) is 0 Å². The molecule has 0 aromatic heterocycles. The summed E-state index contributed by atoms with van der Waals surface area (Å²) >= 11 is 0. The molecule has 0 fully saturated rings. The molecular weight excluding hydrogens is 238 g/mol. The van der Waals surface area contributed by atoms with Crippen LogP contribution in [0.1, 0.15) is 41.0 Å². The van der Waals surface area contributed by atoms with Crippen LogP contribution in [-0.4, -0.2) is 27.2 Å². The van der Waals surface area contributed by atoms with E-state index >= 15 is 0 Å². The van der Waals surface area contributed by atoms with Crippen LogP contribution in [0.2, 0.25) is 0 Å². The molecule has 0 bridgehead atoms. The van der Waals surface area contributed by atoms with E-state index in [4.69, 9.17) is 0 Å². The summed E-state index contributed by atoms with van der Waals surface area (Å²) in [6.07, 6.45) is 0.320. The first kappa shape index (κ1) is 15.9. The summed E-state index contributed by atoms with van der Waals surface area (Å²) in [7, 11) is -1.28. The second kappa shape index (κ2) is 7.23. The highest BCUT2D eigenvalue weighted by Crippen LogP contribution is 2.12. The van der Waals surface area contributed by atoms with E-state index in [-0.39, 0.29) is 4.75 Å². The maximum absolute atomic E-state index is 11.7. The highest BCUT2D eigenvalue weighted by molar-refractivity contribution is 7.85. The van der Waals surface area contributed by atoms with Crippen molar-refractivity contribution in [3.8, 4) is 11.8 Å². The molecule has 0 aliphatic rings. The van der Waals surface area contributed by atoms with Crippen LogP contribution < -0.4 is 0 Å². The number of carbonyl (C=O) groups is 1. The van der Waals surface area contributed by atoms with Crippen LogP contribution in [-0.2, 0) is 20.5 Å². The number of esters is 1. The smallest absolute Gasteiger partial charge is 0.384 e. The van der Waals surface area contributed by atoms with Gasteiger partial charge < -0.3 is 4.74 Å². The highest BCUT2D eigenvalue weighted by Gasteiger charge is 2.18. The normalized spacial score (nSPS) is 13.6. The Morgan fingerprint density at radius 3 is 2.47 bits per heavy atom. The minimum atomic E-state index is -1.28.